The van der Waals surface area contributed by atoms with Crippen LogP contribution in [0.5, 0.6) is 5.88 Å². The predicted molar refractivity (Wildman–Crippen MR) is 91.9 cm³/mol. The van der Waals surface area contributed by atoms with Gasteiger partial charge in [0.05, 0.1) is 7.11 Å². The molecular formula is C15H27Cl2N3O. The number of pyridine rings is 1. The van der Waals surface area contributed by atoms with Gasteiger partial charge in [-0.05, 0) is 11.5 Å². The summed E-state index contributed by atoms with van der Waals surface area (Å²) in [7, 11) is 1.66. The number of ether oxygens (including phenoxy) is 1. The molecule has 1 N–H and O–H groups in total. The van der Waals surface area contributed by atoms with Gasteiger partial charge in [-0.2, -0.15) is 0 Å². The molecule has 2 atom stereocenters. The lowest BCUT2D eigenvalue weighted by Gasteiger charge is -2.38. The van der Waals surface area contributed by atoms with Gasteiger partial charge in [0.2, 0.25) is 5.88 Å². The number of rotatable bonds is 5. The third-order valence-electron chi connectivity index (χ3n) is 4.04. The lowest BCUT2D eigenvalue weighted by Crippen LogP contribution is -2.46. The molecule has 0 aliphatic carbocycles. The number of hydrogen-bond donors (Lipinski definition) is 1. The molecule has 1 aromatic heterocycles. The third-order valence-corrected chi connectivity index (χ3v) is 4.04. The second-order valence-corrected chi connectivity index (χ2v) is 5.25. The number of halogens is 2. The largest absolute Gasteiger partial charge is 0.481 e. The van der Waals surface area contributed by atoms with Crippen LogP contribution in [0, 0.1) is 5.92 Å². The zero-order valence-electron chi connectivity index (χ0n) is 13.0. The molecule has 0 aromatic carbocycles. The van der Waals surface area contributed by atoms with E-state index in [1.165, 1.54) is 12.0 Å². The smallest absolute Gasteiger partial charge is 0.212 e. The summed E-state index contributed by atoms with van der Waals surface area (Å²) in [6, 6.07) is 4.59. The van der Waals surface area contributed by atoms with E-state index < -0.39 is 0 Å². The number of methoxy groups -OCH3 is 1. The Morgan fingerprint density at radius 1 is 1.29 bits per heavy atom. The summed E-state index contributed by atoms with van der Waals surface area (Å²) in [5.41, 5.74) is 1.30. The van der Waals surface area contributed by atoms with E-state index in [2.05, 4.69) is 35.1 Å². The van der Waals surface area contributed by atoms with Crippen LogP contribution in [0.2, 0.25) is 0 Å². The summed E-state index contributed by atoms with van der Waals surface area (Å²) in [6.45, 7) is 8.98. The van der Waals surface area contributed by atoms with Crippen molar-refractivity contribution in [3.63, 3.8) is 0 Å². The third kappa shape index (κ3) is 5.29. The maximum absolute atomic E-state index is 5.15. The average molecular weight is 336 g/mol. The van der Waals surface area contributed by atoms with E-state index in [0.717, 1.165) is 26.2 Å². The molecule has 1 unspecified atom stereocenters. The van der Waals surface area contributed by atoms with Crippen molar-refractivity contribution >= 4 is 24.8 Å². The molecule has 1 aliphatic rings. The molecule has 0 spiro atoms. The van der Waals surface area contributed by atoms with E-state index in [0.29, 0.717) is 17.8 Å². The van der Waals surface area contributed by atoms with Gasteiger partial charge < -0.3 is 10.1 Å². The van der Waals surface area contributed by atoms with Gasteiger partial charge in [0.15, 0.2) is 0 Å². The maximum atomic E-state index is 5.15. The highest BCUT2D eigenvalue weighted by Crippen LogP contribution is 2.31. The first-order valence-electron chi connectivity index (χ1n) is 7.21. The van der Waals surface area contributed by atoms with Crippen molar-refractivity contribution in [1.82, 2.24) is 15.2 Å². The van der Waals surface area contributed by atoms with Crippen LogP contribution in [-0.4, -0.2) is 43.2 Å². The standard InChI is InChI=1S/C15H25N3O.2ClH/c1-4-12(2)15(18-9-7-16-8-10-18)13-5-6-14(19-3)17-11-13;;/h5-6,11-12,15-16H,4,7-10H2,1-3H3;2*1H/t12?,15-;;/m1../s1. The monoisotopic (exact) mass is 335 g/mol. The summed E-state index contributed by atoms with van der Waals surface area (Å²) >= 11 is 0. The quantitative estimate of drug-likeness (QED) is 0.897. The minimum Gasteiger partial charge on any atom is -0.481 e. The number of hydrogen-bond acceptors (Lipinski definition) is 4. The molecule has 1 aliphatic heterocycles. The molecule has 1 saturated heterocycles. The molecule has 0 radical (unpaired) electrons. The van der Waals surface area contributed by atoms with Crippen LogP contribution in [0.1, 0.15) is 31.9 Å². The van der Waals surface area contributed by atoms with Gasteiger partial charge in [0.25, 0.3) is 0 Å². The highest BCUT2D eigenvalue weighted by atomic mass is 35.5. The molecule has 0 amide bonds. The highest BCUT2D eigenvalue weighted by molar-refractivity contribution is 5.85. The fourth-order valence-corrected chi connectivity index (χ4v) is 2.77. The Morgan fingerprint density at radius 2 is 1.95 bits per heavy atom. The molecule has 122 valence electrons. The molecule has 4 nitrogen and oxygen atoms in total. The van der Waals surface area contributed by atoms with E-state index >= 15 is 0 Å². The molecule has 2 rings (SSSR count). The van der Waals surface area contributed by atoms with Crippen molar-refractivity contribution in [2.75, 3.05) is 33.3 Å². The Hall–Kier alpha value is -0.550. The van der Waals surface area contributed by atoms with Gasteiger partial charge in [0.1, 0.15) is 0 Å². The Balaban J connectivity index is 0.00000200. The first-order valence-corrected chi connectivity index (χ1v) is 7.21. The number of nitrogens with one attached hydrogen (secondary N) is 1. The van der Waals surface area contributed by atoms with Crippen LogP contribution in [-0.2, 0) is 0 Å². The maximum Gasteiger partial charge on any atom is 0.212 e. The average Bonchev–Trinajstić information content (AvgIpc) is 2.49. The van der Waals surface area contributed by atoms with Gasteiger partial charge in [-0.25, -0.2) is 4.98 Å². The first-order chi connectivity index (χ1) is 9.26. The van der Waals surface area contributed by atoms with Crippen LogP contribution < -0.4 is 10.1 Å². The molecular weight excluding hydrogens is 309 g/mol. The van der Waals surface area contributed by atoms with Crippen LogP contribution in [0.15, 0.2) is 18.3 Å². The van der Waals surface area contributed by atoms with E-state index in [1.54, 1.807) is 7.11 Å². The lowest BCUT2D eigenvalue weighted by molar-refractivity contribution is 0.128. The second-order valence-electron chi connectivity index (χ2n) is 5.25. The zero-order chi connectivity index (χ0) is 13.7. The Morgan fingerprint density at radius 3 is 2.43 bits per heavy atom. The Kier molecular flexibility index (Phi) is 9.95. The van der Waals surface area contributed by atoms with E-state index in [-0.39, 0.29) is 24.8 Å². The Bertz CT molecular complexity index is 383. The Labute approximate surface area is 140 Å². The fourth-order valence-electron chi connectivity index (χ4n) is 2.77. The van der Waals surface area contributed by atoms with E-state index in [1.807, 2.05) is 12.3 Å². The summed E-state index contributed by atoms with van der Waals surface area (Å²) in [5.74, 6) is 1.32. The van der Waals surface area contributed by atoms with Crippen molar-refractivity contribution in [3.05, 3.63) is 23.9 Å². The molecule has 1 fully saturated rings. The predicted octanol–water partition coefficient (Wildman–Crippen LogP) is 2.93. The van der Waals surface area contributed by atoms with Gasteiger partial charge in [0, 0.05) is 44.5 Å². The van der Waals surface area contributed by atoms with Gasteiger partial charge in [-0.3, -0.25) is 4.90 Å². The lowest BCUT2D eigenvalue weighted by atomic mass is 9.91. The molecule has 6 heteroatoms. The molecule has 0 saturated carbocycles. The van der Waals surface area contributed by atoms with Crippen molar-refractivity contribution in [2.45, 2.75) is 26.3 Å². The minimum absolute atomic E-state index is 0. The van der Waals surface area contributed by atoms with Crippen LogP contribution in [0.3, 0.4) is 0 Å². The number of piperazine rings is 1. The topological polar surface area (TPSA) is 37.4 Å². The van der Waals surface area contributed by atoms with Crippen molar-refractivity contribution in [1.29, 1.82) is 0 Å². The molecule has 1 aromatic rings. The normalized spacial score (nSPS) is 18.0. The fraction of sp³-hybridized carbons (Fsp3) is 0.667. The van der Waals surface area contributed by atoms with E-state index in [4.69, 9.17) is 4.74 Å². The summed E-state index contributed by atoms with van der Waals surface area (Å²) < 4.78 is 5.15. The summed E-state index contributed by atoms with van der Waals surface area (Å²) in [4.78, 5) is 6.94. The molecule has 2 heterocycles. The molecule has 0 bridgehead atoms. The number of nitrogens with zero attached hydrogens (tertiary/aromatic N) is 2. The second kappa shape index (κ2) is 10.2. The number of aromatic nitrogens is 1. The van der Waals surface area contributed by atoms with Crippen molar-refractivity contribution in [2.24, 2.45) is 5.92 Å². The summed E-state index contributed by atoms with van der Waals surface area (Å²) in [5, 5.41) is 3.42. The SMILES string of the molecule is CCC(C)[C@H](c1ccc(OC)nc1)N1CCNCC1.Cl.Cl. The van der Waals surface area contributed by atoms with Crippen molar-refractivity contribution < 1.29 is 4.74 Å². The van der Waals surface area contributed by atoms with Crippen LogP contribution in [0.4, 0.5) is 0 Å². The summed E-state index contributed by atoms with van der Waals surface area (Å²) in [6.07, 6.45) is 3.15. The van der Waals surface area contributed by atoms with Crippen LogP contribution >= 0.6 is 24.8 Å². The first kappa shape index (κ1) is 20.5. The van der Waals surface area contributed by atoms with Gasteiger partial charge in [-0.15, -0.1) is 24.8 Å². The van der Waals surface area contributed by atoms with E-state index in [9.17, 15) is 0 Å². The van der Waals surface area contributed by atoms with Gasteiger partial charge >= 0.3 is 0 Å². The van der Waals surface area contributed by atoms with Gasteiger partial charge in [-0.1, -0.05) is 26.3 Å². The van der Waals surface area contributed by atoms with Crippen LogP contribution in [0.25, 0.3) is 0 Å². The zero-order valence-corrected chi connectivity index (χ0v) is 14.7. The van der Waals surface area contributed by atoms with Crippen molar-refractivity contribution in [3.8, 4) is 5.88 Å². The highest BCUT2D eigenvalue weighted by Gasteiger charge is 2.26. The minimum atomic E-state index is 0. The molecule has 21 heavy (non-hydrogen) atoms.